The standard InChI is InChI=1S/C21H23NO3S/c1-14-8-9-18-16(11-14)12-19(26-18)21(24)25-13-20(23)22-10-4-6-15-5-2-3-7-17(15)22/h2-3,5,7,12,14H,4,6,8-11,13H2,1H3. The van der Waals surface area contributed by atoms with E-state index in [1.165, 1.54) is 33.8 Å². The number of carbonyl (C=O) groups excluding carboxylic acids is 2. The summed E-state index contributed by atoms with van der Waals surface area (Å²) in [6.07, 6.45) is 5.17. The van der Waals surface area contributed by atoms with Gasteiger partial charge in [-0.15, -0.1) is 11.3 Å². The maximum Gasteiger partial charge on any atom is 0.348 e. The molecule has 26 heavy (non-hydrogen) atoms. The van der Waals surface area contributed by atoms with E-state index in [0.717, 1.165) is 31.4 Å². The second kappa shape index (κ2) is 7.23. The first-order valence-corrected chi connectivity index (χ1v) is 10.1. The highest BCUT2D eigenvalue weighted by Gasteiger charge is 2.25. The van der Waals surface area contributed by atoms with Crippen molar-refractivity contribution in [3.8, 4) is 0 Å². The summed E-state index contributed by atoms with van der Waals surface area (Å²) in [5.41, 5.74) is 3.40. The van der Waals surface area contributed by atoms with Gasteiger partial charge in [-0.05, 0) is 61.3 Å². The molecular formula is C21H23NO3S. The third-order valence-corrected chi connectivity index (χ3v) is 6.49. The number of benzene rings is 1. The fraction of sp³-hybridized carbons (Fsp3) is 0.429. The molecule has 2 aromatic rings. The Labute approximate surface area is 157 Å². The summed E-state index contributed by atoms with van der Waals surface area (Å²) in [6.45, 7) is 2.72. The largest absolute Gasteiger partial charge is 0.451 e. The molecule has 2 heterocycles. The Morgan fingerprint density at radius 1 is 1.23 bits per heavy atom. The molecule has 2 aliphatic rings. The van der Waals surface area contributed by atoms with Crippen molar-refractivity contribution in [1.82, 2.24) is 0 Å². The van der Waals surface area contributed by atoms with Crippen LogP contribution in [0.1, 0.15) is 45.4 Å². The predicted molar refractivity (Wildman–Crippen MR) is 103 cm³/mol. The number of fused-ring (bicyclic) bond motifs is 2. The van der Waals surface area contributed by atoms with Gasteiger partial charge in [-0.25, -0.2) is 4.79 Å². The van der Waals surface area contributed by atoms with E-state index >= 15 is 0 Å². The summed E-state index contributed by atoms with van der Waals surface area (Å²) in [4.78, 5) is 28.6. The first-order chi connectivity index (χ1) is 12.6. The van der Waals surface area contributed by atoms with Crippen LogP contribution in [-0.4, -0.2) is 25.0 Å². The quantitative estimate of drug-likeness (QED) is 0.768. The van der Waals surface area contributed by atoms with Crippen molar-refractivity contribution in [1.29, 1.82) is 0 Å². The molecule has 0 bridgehead atoms. The number of anilines is 1. The van der Waals surface area contributed by atoms with Crippen molar-refractivity contribution < 1.29 is 14.3 Å². The van der Waals surface area contributed by atoms with E-state index in [9.17, 15) is 9.59 Å². The van der Waals surface area contributed by atoms with Crippen LogP contribution in [0.5, 0.6) is 0 Å². The molecule has 0 saturated heterocycles. The molecule has 0 fully saturated rings. The minimum absolute atomic E-state index is 0.152. The fourth-order valence-electron chi connectivity index (χ4n) is 3.88. The Morgan fingerprint density at radius 3 is 2.96 bits per heavy atom. The number of esters is 1. The van der Waals surface area contributed by atoms with Gasteiger partial charge in [0.1, 0.15) is 4.88 Å². The average molecular weight is 369 g/mol. The molecule has 1 unspecified atom stereocenters. The Balaban J connectivity index is 1.40. The third-order valence-electron chi connectivity index (χ3n) is 5.27. The van der Waals surface area contributed by atoms with Crippen molar-refractivity contribution in [3.05, 3.63) is 51.2 Å². The lowest BCUT2D eigenvalue weighted by molar-refractivity contribution is -0.121. The van der Waals surface area contributed by atoms with Crippen LogP contribution in [-0.2, 0) is 28.8 Å². The number of hydrogen-bond acceptors (Lipinski definition) is 4. The van der Waals surface area contributed by atoms with Crippen molar-refractivity contribution in [2.45, 2.75) is 39.0 Å². The number of ether oxygens (including phenoxy) is 1. The van der Waals surface area contributed by atoms with Crippen LogP contribution in [0, 0.1) is 5.92 Å². The summed E-state index contributed by atoms with van der Waals surface area (Å²) in [6, 6.07) is 9.90. The zero-order valence-corrected chi connectivity index (χ0v) is 15.8. The molecule has 4 rings (SSSR count). The van der Waals surface area contributed by atoms with Crippen LogP contribution in [0.3, 0.4) is 0 Å². The van der Waals surface area contributed by atoms with Gasteiger partial charge in [0, 0.05) is 17.1 Å². The van der Waals surface area contributed by atoms with Gasteiger partial charge < -0.3 is 9.64 Å². The summed E-state index contributed by atoms with van der Waals surface area (Å²) < 4.78 is 5.34. The Morgan fingerprint density at radius 2 is 2.08 bits per heavy atom. The van der Waals surface area contributed by atoms with Crippen molar-refractivity contribution in [2.75, 3.05) is 18.1 Å². The van der Waals surface area contributed by atoms with Crippen molar-refractivity contribution in [2.24, 2.45) is 5.92 Å². The molecule has 1 aromatic carbocycles. The topological polar surface area (TPSA) is 46.6 Å². The SMILES string of the molecule is CC1CCc2sc(C(=O)OCC(=O)N3CCCc4ccccc43)cc2C1. The van der Waals surface area contributed by atoms with Gasteiger partial charge in [0.2, 0.25) is 0 Å². The minimum Gasteiger partial charge on any atom is -0.451 e. The predicted octanol–water partition coefficient (Wildman–Crippen LogP) is 4.01. The Bertz CT molecular complexity index is 842. The molecule has 1 aliphatic carbocycles. The average Bonchev–Trinajstić information content (AvgIpc) is 3.08. The minimum atomic E-state index is -0.379. The molecular weight excluding hydrogens is 346 g/mol. The second-order valence-electron chi connectivity index (χ2n) is 7.26. The smallest absolute Gasteiger partial charge is 0.348 e. The Hall–Kier alpha value is -2.14. The molecule has 0 saturated carbocycles. The van der Waals surface area contributed by atoms with Crippen LogP contribution in [0.2, 0.25) is 0 Å². The summed E-state index contributed by atoms with van der Waals surface area (Å²) in [5, 5.41) is 0. The number of amides is 1. The van der Waals surface area contributed by atoms with Gasteiger partial charge in [-0.1, -0.05) is 25.1 Å². The van der Waals surface area contributed by atoms with Crippen LogP contribution >= 0.6 is 11.3 Å². The van der Waals surface area contributed by atoms with Gasteiger partial charge >= 0.3 is 5.97 Å². The van der Waals surface area contributed by atoms with Gasteiger partial charge in [0.15, 0.2) is 6.61 Å². The molecule has 5 heteroatoms. The lowest BCUT2D eigenvalue weighted by atomic mass is 9.90. The molecule has 1 aliphatic heterocycles. The number of para-hydroxylation sites is 1. The number of aryl methyl sites for hydroxylation is 2. The molecule has 0 N–H and O–H groups in total. The normalized spacial score (nSPS) is 18.8. The van der Waals surface area contributed by atoms with E-state index in [0.29, 0.717) is 17.3 Å². The number of rotatable bonds is 3. The van der Waals surface area contributed by atoms with Crippen LogP contribution < -0.4 is 4.90 Å². The van der Waals surface area contributed by atoms with Gasteiger partial charge in [-0.2, -0.15) is 0 Å². The third kappa shape index (κ3) is 3.40. The maximum atomic E-state index is 12.6. The van der Waals surface area contributed by atoms with Crippen molar-refractivity contribution in [3.63, 3.8) is 0 Å². The summed E-state index contributed by atoms with van der Waals surface area (Å²) >= 11 is 1.52. The monoisotopic (exact) mass is 369 g/mol. The highest BCUT2D eigenvalue weighted by atomic mass is 32.1. The van der Waals surface area contributed by atoms with Gasteiger partial charge in [0.25, 0.3) is 5.91 Å². The number of nitrogens with zero attached hydrogens (tertiary/aromatic N) is 1. The molecule has 1 aromatic heterocycles. The second-order valence-corrected chi connectivity index (χ2v) is 8.40. The fourth-order valence-corrected chi connectivity index (χ4v) is 4.98. The molecule has 0 spiro atoms. The van der Waals surface area contributed by atoms with Gasteiger partial charge in [0.05, 0.1) is 0 Å². The zero-order valence-electron chi connectivity index (χ0n) is 15.0. The first-order valence-electron chi connectivity index (χ1n) is 9.29. The summed E-state index contributed by atoms with van der Waals surface area (Å²) in [7, 11) is 0. The lowest BCUT2D eigenvalue weighted by Crippen LogP contribution is -2.38. The van der Waals surface area contributed by atoms with E-state index in [1.807, 2.05) is 24.3 Å². The summed E-state index contributed by atoms with van der Waals surface area (Å²) in [5.74, 6) is 0.137. The van der Waals surface area contributed by atoms with Crippen LogP contribution in [0.4, 0.5) is 5.69 Å². The van der Waals surface area contributed by atoms with Gasteiger partial charge in [-0.3, -0.25) is 4.79 Å². The number of carbonyl (C=O) groups is 2. The van der Waals surface area contributed by atoms with E-state index in [1.54, 1.807) is 4.90 Å². The number of hydrogen-bond donors (Lipinski definition) is 0. The molecule has 1 amide bonds. The first kappa shape index (κ1) is 17.3. The zero-order chi connectivity index (χ0) is 18.1. The van der Waals surface area contributed by atoms with E-state index < -0.39 is 0 Å². The van der Waals surface area contributed by atoms with E-state index in [2.05, 4.69) is 13.0 Å². The number of thiophene rings is 1. The molecule has 4 nitrogen and oxygen atoms in total. The van der Waals surface area contributed by atoms with Crippen LogP contribution in [0.15, 0.2) is 30.3 Å². The van der Waals surface area contributed by atoms with E-state index in [4.69, 9.17) is 4.74 Å². The molecule has 1 atom stereocenters. The molecule has 0 radical (unpaired) electrons. The lowest BCUT2D eigenvalue weighted by Gasteiger charge is -2.29. The molecule has 136 valence electrons. The highest BCUT2D eigenvalue weighted by Crippen LogP contribution is 2.32. The van der Waals surface area contributed by atoms with Crippen LogP contribution in [0.25, 0.3) is 0 Å². The van der Waals surface area contributed by atoms with Crippen molar-refractivity contribution >= 4 is 28.9 Å². The highest BCUT2D eigenvalue weighted by molar-refractivity contribution is 7.14. The van der Waals surface area contributed by atoms with E-state index in [-0.39, 0.29) is 18.5 Å². The maximum absolute atomic E-state index is 12.6. The Kier molecular flexibility index (Phi) is 4.81.